The average Bonchev–Trinajstić information content (AvgIpc) is 2.55. The van der Waals surface area contributed by atoms with Crippen LogP contribution in [0.4, 0.5) is 0 Å². The molecule has 2 aromatic carbocycles. The number of carboxylic acid groups (broad SMARTS) is 1. The molecule has 124 valence electrons. The van der Waals surface area contributed by atoms with Gasteiger partial charge in [-0.15, -0.1) is 0 Å². The summed E-state index contributed by atoms with van der Waals surface area (Å²) in [5.74, 6) is -1.47. The SMILES string of the molecule is Cc1ccc(C=CC(=O)N[C@@H](Cc2ccc(O)cc2)C(=O)O)cc1. The molecule has 0 radical (unpaired) electrons. The third-order valence-electron chi connectivity index (χ3n) is 3.50. The maximum atomic E-state index is 11.9. The van der Waals surface area contributed by atoms with Crippen LogP contribution in [0.2, 0.25) is 0 Å². The molecule has 2 rings (SSSR count). The van der Waals surface area contributed by atoms with Crippen LogP contribution in [0.15, 0.2) is 54.6 Å². The number of amides is 1. The smallest absolute Gasteiger partial charge is 0.326 e. The number of hydrogen-bond acceptors (Lipinski definition) is 3. The van der Waals surface area contributed by atoms with Crippen molar-refractivity contribution in [3.05, 3.63) is 71.3 Å². The van der Waals surface area contributed by atoms with Gasteiger partial charge in [0.15, 0.2) is 0 Å². The minimum atomic E-state index is -1.11. The van der Waals surface area contributed by atoms with Crippen LogP contribution in [0, 0.1) is 6.92 Å². The quantitative estimate of drug-likeness (QED) is 0.712. The summed E-state index contributed by atoms with van der Waals surface area (Å²) in [4.78, 5) is 23.3. The topological polar surface area (TPSA) is 86.6 Å². The van der Waals surface area contributed by atoms with Gasteiger partial charge in [0.2, 0.25) is 5.91 Å². The van der Waals surface area contributed by atoms with Gasteiger partial charge in [0.1, 0.15) is 11.8 Å². The molecule has 0 aliphatic heterocycles. The van der Waals surface area contributed by atoms with E-state index in [2.05, 4.69) is 5.32 Å². The van der Waals surface area contributed by atoms with E-state index in [9.17, 15) is 19.8 Å². The molecule has 0 unspecified atom stereocenters. The van der Waals surface area contributed by atoms with Gasteiger partial charge in [-0.2, -0.15) is 0 Å². The first-order valence-electron chi connectivity index (χ1n) is 7.50. The van der Waals surface area contributed by atoms with Gasteiger partial charge in [-0.1, -0.05) is 42.0 Å². The Labute approximate surface area is 140 Å². The number of carboxylic acids is 1. The van der Waals surface area contributed by atoms with E-state index in [1.807, 2.05) is 31.2 Å². The second-order valence-corrected chi connectivity index (χ2v) is 5.51. The molecule has 5 nitrogen and oxygen atoms in total. The van der Waals surface area contributed by atoms with Crippen LogP contribution >= 0.6 is 0 Å². The molecule has 0 saturated heterocycles. The second kappa shape index (κ2) is 7.97. The third kappa shape index (κ3) is 5.28. The number of benzene rings is 2. The average molecular weight is 325 g/mol. The van der Waals surface area contributed by atoms with Gasteiger partial charge in [-0.25, -0.2) is 4.79 Å². The molecule has 0 aliphatic rings. The normalized spacial score (nSPS) is 12.0. The molecule has 0 fully saturated rings. The monoisotopic (exact) mass is 325 g/mol. The standard InChI is InChI=1S/C19H19NO4/c1-13-2-4-14(5-3-13)8-11-18(22)20-17(19(23)24)12-15-6-9-16(21)10-7-15/h2-11,17,21H,12H2,1H3,(H,20,22)(H,23,24)/t17-/m0/s1. The molecule has 0 spiro atoms. The van der Waals surface area contributed by atoms with E-state index in [4.69, 9.17) is 0 Å². The van der Waals surface area contributed by atoms with E-state index in [1.54, 1.807) is 18.2 Å². The van der Waals surface area contributed by atoms with Crippen molar-refractivity contribution in [2.45, 2.75) is 19.4 Å². The van der Waals surface area contributed by atoms with E-state index < -0.39 is 17.9 Å². The van der Waals surface area contributed by atoms with Gasteiger partial charge in [-0.3, -0.25) is 4.79 Å². The van der Waals surface area contributed by atoms with E-state index >= 15 is 0 Å². The lowest BCUT2D eigenvalue weighted by atomic mass is 10.1. The molecule has 0 aromatic heterocycles. The van der Waals surface area contributed by atoms with E-state index in [-0.39, 0.29) is 12.2 Å². The van der Waals surface area contributed by atoms with Gasteiger partial charge < -0.3 is 15.5 Å². The van der Waals surface area contributed by atoms with Crippen LogP contribution in [0.25, 0.3) is 6.08 Å². The molecule has 24 heavy (non-hydrogen) atoms. The predicted molar refractivity (Wildman–Crippen MR) is 91.6 cm³/mol. The Morgan fingerprint density at radius 3 is 2.29 bits per heavy atom. The number of hydrogen-bond donors (Lipinski definition) is 3. The molecule has 0 bridgehead atoms. The zero-order valence-corrected chi connectivity index (χ0v) is 13.3. The van der Waals surface area contributed by atoms with Crippen LogP contribution in [-0.2, 0) is 16.0 Å². The Morgan fingerprint density at radius 1 is 1.08 bits per heavy atom. The molecule has 0 saturated carbocycles. The van der Waals surface area contributed by atoms with Crippen LogP contribution in [-0.4, -0.2) is 28.1 Å². The number of phenolic OH excluding ortho intramolecular Hbond substituents is 1. The van der Waals surface area contributed by atoms with Crippen LogP contribution in [0.1, 0.15) is 16.7 Å². The lowest BCUT2D eigenvalue weighted by molar-refractivity contribution is -0.141. The molecular formula is C19H19NO4. The molecule has 2 aromatic rings. The Bertz CT molecular complexity index is 733. The number of rotatable bonds is 6. The van der Waals surface area contributed by atoms with Crippen molar-refractivity contribution >= 4 is 18.0 Å². The van der Waals surface area contributed by atoms with E-state index in [1.165, 1.54) is 18.2 Å². The van der Waals surface area contributed by atoms with Crippen LogP contribution in [0.5, 0.6) is 5.75 Å². The van der Waals surface area contributed by atoms with E-state index in [0.717, 1.165) is 11.1 Å². The minimum Gasteiger partial charge on any atom is -0.508 e. The molecular weight excluding hydrogens is 306 g/mol. The zero-order valence-electron chi connectivity index (χ0n) is 13.3. The summed E-state index contributed by atoms with van der Waals surface area (Å²) in [5.41, 5.74) is 2.70. The number of aryl methyl sites for hydroxylation is 1. The fourth-order valence-corrected chi connectivity index (χ4v) is 2.14. The largest absolute Gasteiger partial charge is 0.508 e. The number of carbonyl (C=O) groups is 2. The number of aromatic hydroxyl groups is 1. The Balaban J connectivity index is 1.99. The number of aliphatic carboxylic acids is 1. The molecule has 5 heteroatoms. The van der Waals surface area contributed by atoms with Gasteiger partial charge in [0.25, 0.3) is 0 Å². The second-order valence-electron chi connectivity index (χ2n) is 5.51. The minimum absolute atomic E-state index is 0.107. The zero-order chi connectivity index (χ0) is 17.5. The fourth-order valence-electron chi connectivity index (χ4n) is 2.14. The third-order valence-corrected chi connectivity index (χ3v) is 3.50. The highest BCUT2D eigenvalue weighted by molar-refractivity contribution is 5.94. The molecule has 1 amide bonds. The summed E-state index contributed by atoms with van der Waals surface area (Å²) in [6.07, 6.45) is 3.09. The van der Waals surface area contributed by atoms with Crippen LogP contribution in [0.3, 0.4) is 0 Å². The first kappa shape index (κ1) is 17.3. The molecule has 0 aliphatic carbocycles. The lowest BCUT2D eigenvalue weighted by Gasteiger charge is -2.13. The summed E-state index contributed by atoms with van der Waals surface area (Å²) in [5, 5.41) is 21.0. The highest BCUT2D eigenvalue weighted by Crippen LogP contribution is 2.11. The van der Waals surface area contributed by atoms with Crippen molar-refractivity contribution in [2.24, 2.45) is 0 Å². The van der Waals surface area contributed by atoms with Gasteiger partial charge >= 0.3 is 5.97 Å². The van der Waals surface area contributed by atoms with Crippen molar-refractivity contribution in [3.8, 4) is 5.75 Å². The van der Waals surface area contributed by atoms with Gasteiger partial charge in [0.05, 0.1) is 0 Å². The summed E-state index contributed by atoms with van der Waals surface area (Å²) in [7, 11) is 0. The lowest BCUT2D eigenvalue weighted by Crippen LogP contribution is -2.41. The Kier molecular flexibility index (Phi) is 5.73. The number of carbonyl (C=O) groups excluding carboxylic acids is 1. The molecule has 3 N–H and O–H groups in total. The summed E-state index contributed by atoms with van der Waals surface area (Å²) < 4.78 is 0. The number of nitrogens with one attached hydrogen (secondary N) is 1. The maximum Gasteiger partial charge on any atom is 0.326 e. The van der Waals surface area contributed by atoms with Crippen molar-refractivity contribution in [2.75, 3.05) is 0 Å². The van der Waals surface area contributed by atoms with E-state index in [0.29, 0.717) is 5.56 Å². The highest BCUT2D eigenvalue weighted by Gasteiger charge is 2.19. The first-order chi connectivity index (χ1) is 11.4. The summed E-state index contributed by atoms with van der Waals surface area (Å²) in [6, 6.07) is 12.8. The molecule has 1 atom stereocenters. The first-order valence-corrected chi connectivity index (χ1v) is 7.50. The summed E-state index contributed by atoms with van der Waals surface area (Å²) in [6.45, 7) is 1.97. The highest BCUT2D eigenvalue weighted by atomic mass is 16.4. The maximum absolute atomic E-state index is 11.9. The van der Waals surface area contributed by atoms with Gasteiger partial charge in [-0.05, 0) is 36.3 Å². The Hall–Kier alpha value is -3.08. The summed E-state index contributed by atoms with van der Waals surface area (Å²) >= 11 is 0. The fraction of sp³-hybridized carbons (Fsp3) is 0.158. The van der Waals surface area contributed by atoms with Gasteiger partial charge in [0, 0.05) is 12.5 Å². The van der Waals surface area contributed by atoms with Crippen molar-refractivity contribution in [1.29, 1.82) is 0 Å². The van der Waals surface area contributed by atoms with Crippen LogP contribution < -0.4 is 5.32 Å². The van der Waals surface area contributed by atoms with Crippen molar-refractivity contribution < 1.29 is 19.8 Å². The van der Waals surface area contributed by atoms with Crippen molar-refractivity contribution in [3.63, 3.8) is 0 Å². The number of phenols is 1. The Morgan fingerprint density at radius 2 is 1.71 bits per heavy atom. The molecule has 0 heterocycles. The predicted octanol–water partition coefficient (Wildman–Crippen LogP) is 2.53. The van der Waals surface area contributed by atoms with Crippen molar-refractivity contribution in [1.82, 2.24) is 5.32 Å².